The highest BCUT2D eigenvalue weighted by Gasteiger charge is 2.35. The van der Waals surface area contributed by atoms with Crippen LogP contribution in [0.2, 0.25) is 5.82 Å². The number of carbonyl (C=O) groups excluding carboxylic acids is 1. The van der Waals surface area contributed by atoms with Crippen LogP contribution in [0.5, 0.6) is 0 Å². The van der Waals surface area contributed by atoms with Crippen LogP contribution in [0.25, 0.3) is 0 Å². The van der Waals surface area contributed by atoms with Crippen LogP contribution in [0.4, 0.5) is 0 Å². The molecule has 0 aromatic rings. The molecule has 0 fully saturated rings. The molecule has 0 radical (unpaired) electrons. The van der Waals surface area contributed by atoms with Crippen molar-refractivity contribution in [3.8, 4) is 0 Å². The summed E-state index contributed by atoms with van der Waals surface area (Å²) in [4.78, 5) is 11.6. The number of hydrogen-bond donors (Lipinski definition) is 0. The fourth-order valence-corrected chi connectivity index (χ4v) is 1.87. The molecule has 0 N–H and O–H groups in total. The zero-order valence-corrected chi connectivity index (χ0v) is 9.98. The lowest BCUT2D eigenvalue weighted by Gasteiger charge is -2.36. The molecule has 0 aromatic heterocycles. The van der Waals surface area contributed by atoms with E-state index in [9.17, 15) is 4.79 Å². The van der Waals surface area contributed by atoms with Gasteiger partial charge in [-0.05, 0) is 19.3 Å². The zero-order chi connectivity index (χ0) is 10.6. The smallest absolute Gasteiger partial charge is 0.135 e. The van der Waals surface area contributed by atoms with Gasteiger partial charge in [0.1, 0.15) is 13.6 Å². The summed E-state index contributed by atoms with van der Waals surface area (Å²) >= 11 is 0. The molecule has 0 rings (SSSR count). The van der Waals surface area contributed by atoms with Crippen LogP contribution >= 0.6 is 0 Å². The molecule has 3 atom stereocenters. The van der Waals surface area contributed by atoms with Crippen molar-refractivity contribution in [2.24, 2.45) is 11.3 Å². The molecular weight excluding hydrogens is 159 g/mol. The maximum absolute atomic E-state index is 11.6. The van der Waals surface area contributed by atoms with Crippen molar-refractivity contribution in [1.29, 1.82) is 0 Å². The van der Waals surface area contributed by atoms with Gasteiger partial charge in [0.25, 0.3) is 0 Å². The van der Waals surface area contributed by atoms with Crippen molar-refractivity contribution in [1.82, 2.24) is 0 Å². The fraction of sp³-hybridized carbons (Fsp3) is 0.909. The molecule has 0 saturated carbocycles. The summed E-state index contributed by atoms with van der Waals surface area (Å²) in [5.41, 5.74) is -0.116. The van der Waals surface area contributed by atoms with E-state index in [2.05, 4.69) is 35.5 Å². The van der Waals surface area contributed by atoms with Crippen LogP contribution in [0, 0.1) is 11.3 Å². The lowest BCUT2D eigenvalue weighted by atomic mass is 9.57. The zero-order valence-electron chi connectivity index (χ0n) is 9.98. The molecule has 0 aliphatic carbocycles. The molecule has 13 heavy (non-hydrogen) atoms. The van der Waals surface area contributed by atoms with E-state index in [0.717, 1.165) is 12.8 Å². The molecule has 0 aliphatic heterocycles. The van der Waals surface area contributed by atoms with Crippen LogP contribution in [-0.4, -0.2) is 13.6 Å². The first-order valence-corrected chi connectivity index (χ1v) is 5.41. The maximum atomic E-state index is 11.6. The Balaban J connectivity index is 4.65. The van der Waals surface area contributed by atoms with E-state index in [1.165, 1.54) is 0 Å². The van der Waals surface area contributed by atoms with Gasteiger partial charge in [0, 0.05) is 5.41 Å². The maximum Gasteiger partial charge on any atom is 0.135 e. The predicted octanol–water partition coefficient (Wildman–Crippen LogP) is 2.46. The molecule has 3 unspecified atom stereocenters. The highest BCUT2D eigenvalue weighted by Crippen LogP contribution is 2.40. The van der Waals surface area contributed by atoms with Gasteiger partial charge in [-0.15, -0.1) is 0 Å². The van der Waals surface area contributed by atoms with Crippen molar-refractivity contribution in [3.05, 3.63) is 0 Å². The van der Waals surface area contributed by atoms with Crippen LogP contribution in [0.15, 0.2) is 0 Å². The minimum atomic E-state index is -0.116. The van der Waals surface area contributed by atoms with Crippen molar-refractivity contribution in [2.75, 3.05) is 0 Å². The molecule has 0 saturated heterocycles. The monoisotopic (exact) mass is 182 g/mol. The average molecular weight is 182 g/mol. The first-order chi connectivity index (χ1) is 5.90. The van der Waals surface area contributed by atoms with E-state index >= 15 is 0 Å². The van der Waals surface area contributed by atoms with Gasteiger partial charge in [0.2, 0.25) is 0 Å². The summed E-state index contributed by atoms with van der Waals surface area (Å²) in [6, 6.07) is 0. The Morgan fingerprint density at radius 3 is 2.15 bits per heavy atom. The number of rotatable bonds is 5. The largest absolute Gasteiger partial charge is 0.299 e. The van der Waals surface area contributed by atoms with Crippen molar-refractivity contribution in [2.45, 2.75) is 53.3 Å². The summed E-state index contributed by atoms with van der Waals surface area (Å²) < 4.78 is 0. The molecule has 1 nitrogen and oxygen atoms in total. The molecule has 0 spiro atoms. The molecule has 0 bridgehead atoms. The van der Waals surface area contributed by atoms with Crippen LogP contribution in [0.1, 0.15) is 47.5 Å². The fourth-order valence-electron chi connectivity index (χ4n) is 1.87. The Morgan fingerprint density at radius 1 is 1.46 bits per heavy atom. The summed E-state index contributed by atoms with van der Waals surface area (Å²) in [6.07, 6.45) is 2.11. The van der Waals surface area contributed by atoms with Gasteiger partial charge in [-0.3, -0.25) is 4.79 Å². The number of ketones is 1. The Labute approximate surface area is 83.7 Å². The highest BCUT2D eigenvalue weighted by molar-refractivity contribution is 6.14. The van der Waals surface area contributed by atoms with Gasteiger partial charge in [-0.25, -0.2) is 0 Å². The second kappa shape index (κ2) is 4.83. The lowest BCUT2D eigenvalue weighted by Crippen LogP contribution is -2.33. The third-order valence-electron chi connectivity index (χ3n) is 4.04. The molecule has 0 aromatic carbocycles. The Bertz CT molecular complexity index is 179. The Kier molecular flexibility index (Phi) is 4.73. The summed E-state index contributed by atoms with van der Waals surface area (Å²) in [5.74, 6) is 1.46. The predicted molar refractivity (Wildman–Crippen MR) is 60.8 cm³/mol. The topological polar surface area (TPSA) is 17.1 Å². The summed E-state index contributed by atoms with van der Waals surface area (Å²) in [7, 11) is 2.21. The van der Waals surface area contributed by atoms with Gasteiger partial charge in [-0.1, -0.05) is 39.9 Å². The van der Waals surface area contributed by atoms with E-state index in [-0.39, 0.29) is 5.41 Å². The Morgan fingerprint density at radius 2 is 1.92 bits per heavy atom. The lowest BCUT2D eigenvalue weighted by molar-refractivity contribution is -0.126. The number of carbonyl (C=O) groups is 1. The van der Waals surface area contributed by atoms with Gasteiger partial charge >= 0.3 is 0 Å². The second-order valence-electron chi connectivity index (χ2n) is 4.50. The molecule has 0 aliphatic rings. The SMILES string of the molecule is BC(C(C)CC)C(C)(CC)C(C)=O. The third-order valence-corrected chi connectivity index (χ3v) is 4.04. The van der Waals surface area contributed by atoms with E-state index in [1.54, 1.807) is 6.92 Å². The highest BCUT2D eigenvalue weighted by atomic mass is 16.1. The molecule has 0 heterocycles. The molecular formula is C11H23BO. The molecule has 0 amide bonds. The molecule has 76 valence electrons. The minimum Gasteiger partial charge on any atom is -0.299 e. The Hall–Kier alpha value is -0.265. The summed E-state index contributed by atoms with van der Waals surface area (Å²) in [5, 5.41) is 0. The van der Waals surface area contributed by atoms with Gasteiger partial charge < -0.3 is 0 Å². The van der Waals surface area contributed by atoms with E-state index < -0.39 is 0 Å². The van der Waals surface area contributed by atoms with Gasteiger partial charge in [0.15, 0.2) is 0 Å². The number of hydrogen-bond acceptors (Lipinski definition) is 1. The number of Topliss-reactive ketones (excluding diaryl/α,β-unsaturated/α-hetero) is 1. The first-order valence-electron chi connectivity index (χ1n) is 5.41. The standard InChI is InChI=1S/C11H23BO/c1-6-8(3)10(12)11(5,7-2)9(4)13/h8,10H,6-7,12H2,1-5H3. The van der Waals surface area contributed by atoms with Crippen molar-refractivity contribution < 1.29 is 4.79 Å². The van der Waals surface area contributed by atoms with Crippen LogP contribution in [0.3, 0.4) is 0 Å². The second-order valence-corrected chi connectivity index (χ2v) is 4.50. The third kappa shape index (κ3) is 2.59. The summed E-state index contributed by atoms with van der Waals surface area (Å²) in [6.45, 7) is 10.4. The average Bonchev–Trinajstić information content (AvgIpc) is 2.13. The normalized spacial score (nSPS) is 20.4. The quantitative estimate of drug-likeness (QED) is 0.597. The van der Waals surface area contributed by atoms with Crippen molar-refractivity contribution >= 4 is 13.6 Å². The van der Waals surface area contributed by atoms with Gasteiger partial charge in [0.05, 0.1) is 0 Å². The molecule has 2 heteroatoms. The van der Waals surface area contributed by atoms with Crippen LogP contribution in [-0.2, 0) is 4.79 Å². The van der Waals surface area contributed by atoms with E-state index in [1.807, 2.05) is 0 Å². The minimum absolute atomic E-state index is 0.116. The first kappa shape index (κ1) is 12.7. The van der Waals surface area contributed by atoms with E-state index in [4.69, 9.17) is 0 Å². The van der Waals surface area contributed by atoms with E-state index in [0.29, 0.717) is 17.5 Å². The van der Waals surface area contributed by atoms with Crippen molar-refractivity contribution in [3.63, 3.8) is 0 Å². The van der Waals surface area contributed by atoms with Crippen LogP contribution < -0.4 is 0 Å². The van der Waals surface area contributed by atoms with Gasteiger partial charge in [-0.2, -0.15) is 0 Å².